The van der Waals surface area contributed by atoms with Crippen molar-refractivity contribution in [3.05, 3.63) is 50.1 Å². The van der Waals surface area contributed by atoms with Gasteiger partial charge in [0, 0.05) is 9.26 Å². The van der Waals surface area contributed by atoms with E-state index in [1.807, 2.05) is 24.3 Å². The molecule has 2 rings (SSSR count). The summed E-state index contributed by atoms with van der Waals surface area (Å²) in [4.78, 5) is 14.4. The predicted octanol–water partition coefficient (Wildman–Crippen LogP) is 2.62. The molecule has 0 fully saturated rings. The molecular formula is C11H10IN5O2. The molecule has 0 amide bonds. The van der Waals surface area contributed by atoms with Gasteiger partial charge in [0.15, 0.2) is 0 Å². The van der Waals surface area contributed by atoms with Crippen LogP contribution in [0.4, 0.5) is 23.0 Å². The second kappa shape index (κ2) is 5.80. The van der Waals surface area contributed by atoms with Crippen LogP contribution in [-0.2, 0) is 0 Å². The van der Waals surface area contributed by atoms with E-state index in [4.69, 9.17) is 5.84 Å². The molecule has 1 aromatic heterocycles. The summed E-state index contributed by atoms with van der Waals surface area (Å²) < 4.78 is 1.05. The molecule has 0 aliphatic rings. The molecule has 7 nitrogen and oxygen atoms in total. The number of hydrogen-bond donors (Lipinski definition) is 3. The van der Waals surface area contributed by atoms with E-state index in [0.29, 0.717) is 5.82 Å². The zero-order valence-corrected chi connectivity index (χ0v) is 11.8. The van der Waals surface area contributed by atoms with Crippen molar-refractivity contribution in [1.29, 1.82) is 0 Å². The van der Waals surface area contributed by atoms with Gasteiger partial charge in [-0.1, -0.05) is 6.07 Å². The Hall–Kier alpha value is -1.94. The van der Waals surface area contributed by atoms with Crippen molar-refractivity contribution >= 4 is 45.6 Å². The molecular weight excluding hydrogens is 361 g/mol. The van der Waals surface area contributed by atoms with E-state index in [1.54, 1.807) is 0 Å². The van der Waals surface area contributed by atoms with Crippen LogP contribution in [0.2, 0.25) is 0 Å². The van der Waals surface area contributed by atoms with E-state index < -0.39 is 4.92 Å². The average molecular weight is 371 g/mol. The molecule has 0 bridgehead atoms. The standard InChI is InChI=1S/C11H10IN5O2/c12-7-2-1-3-8(4-7)14-10-5-9(17(18)19)6-11(15-10)16-13/h1-6H,13H2,(H2,14,15,16). The summed E-state index contributed by atoms with van der Waals surface area (Å²) >= 11 is 2.18. The molecule has 19 heavy (non-hydrogen) atoms. The molecule has 98 valence electrons. The summed E-state index contributed by atoms with van der Waals surface area (Å²) in [6.07, 6.45) is 0. The fourth-order valence-corrected chi connectivity index (χ4v) is 2.02. The van der Waals surface area contributed by atoms with Crippen LogP contribution < -0.4 is 16.6 Å². The Morgan fingerprint density at radius 1 is 1.26 bits per heavy atom. The summed E-state index contributed by atoms with van der Waals surface area (Å²) in [6.45, 7) is 0. The van der Waals surface area contributed by atoms with Gasteiger partial charge < -0.3 is 10.7 Å². The van der Waals surface area contributed by atoms with Crippen molar-refractivity contribution in [2.24, 2.45) is 5.84 Å². The minimum Gasteiger partial charge on any atom is -0.340 e. The first kappa shape index (κ1) is 13.5. The van der Waals surface area contributed by atoms with Crippen LogP contribution >= 0.6 is 22.6 Å². The molecule has 0 spiro atoms. The van der Waals surface area contributed by atoms with Crippen molar-refractivity contribution in [1.82, 2.24) is 4.98 Å². The number of nitrogens with two attached hydrogens (primary N) is 1. The number of nitro groups is 1. The summed E-state index contributed by atoms with van der Waals surface area (Å²) in [5.74, 6) is 5.82. The molecule has 4 N–H and O–H groups in total. The number of hydrogen-bond acceptors (Lipinski definition) is 6. The maximum absolute atomic E-state index is 10.8. The van der Waals surface area contributed by atoms with Crippen molar-refractivity contribution in [2.75, 3.05) is 10.7 Å². The van der Waals surface area contributed by atoms with Crippen molar-refractivity contribution in [3.63, 3.8) is 0 Å². The number of nitrogens with one attached hydrogen (secondary N) is 2. The highest BCUT2D eigenvalue weighted by Gasteiger charge is 2.11. The minimum atomic E-state index is -0.498. The lowest BCUT2D eigenvalue weighted by Crippen LogP contribution is -2.10. The van der Waals surface area contributed by atoms with Gasteiger partial charge in [-0.3, -0.25) is 10.1 Å². The number of nitrogen functional groups attached to an aromatic ring is 1. The Balaban J connectivity index is 2.34. The van der Waals surface area contributed by atoms with Crippen LogP contribution in [0.15, 0.2) is 36.4 Å². The highest BCUT2D eigenvalue weighted by atomic mass is 127. The Morgan fingerprint density at radius 3 is 2.63 bits per heavy atom. The first-order valence-electron chi connectivity index (χ1n) is 5.24. The molecule has 0 radical (unpaired) electrons. The second-order valence-corrected chi connectivity index (χ2v) is 4.88. The Kier molecular flexibility index (Phi) is 4.12. The predicted molar refractivity (Wildman–Crippen MR) is 81.1 cm³/mol. The zero-order chi connectivity index (χ0) is 13.8. The zero-order valence-electron chi connectivity index (χ0n) is 9.63. The summed E-state index contributed by atoms with van der Waals surface area (Å²) in [5, 5.41) is 13.8. The molecule has 0 unspecified atom stereocenters. The molecule has 1 heterocycles. The molecule has 2 aromatic rings. The topological polar surface area (TPSA) is 106 Å². The van der Waals surface area contributed by atoms with Crippen LogP contribution in [-0.4, -0.2) is 9.91 Å². The first-order chi connectivity index (χ1) is 9.08. The number of rotatable bonds is 4. The maximum Gasteiger partial charge on any atom is 0.276 e. The largest absolute Gasteiger partial charge is 0.340 e. The summed E-state index contributed by atoms with van der Waals surface area (Å²) in [5.41, 5.74) is 3.01. The van der Waals surface area contributed by atoms with Gasteiger partial charge in [0.25, 0.3) is 5.69 Å². The van der Waals surface area contributed by atoms with E-state index in [0.717, 1.165) is 9.26 Å². The van der Waals surface area contributed by atoms with Gasteiger partial charge in [0.05, 0.1) is 17.1 Å². The van der Waals surface area contributed by atoms with E-state index in [9.17, 15) is 10.1 Å². The minimum absolute atomic E-state index is 0.0870. The monoisotopic (exact) mass is 371 g/mol. The van der Waals surface area contributed by atoms with E-state index in [2.05, 4.69) is 38.3 Å². The molecule has 1 aromatic carbocycles. The smallest absolute Gasteiger partial charge is 0.276 e. The van der Waals surface area contributed by atoms with Crippen LogP contribution in [0.5, 0.6) is 0 Å². The van der Waals surface area contributed by atoms with Gasteiger partial charge in [-0.15, -0.1) is 0 Å². The number of aromatic nitrogens is 1. The van der Waals surface area contributed by atoms with Gasteiger partial charge in [0.2, 0.25) is 0 Å². The summed E-state index contributed by atoms with van der Waals surface area (Å²) in [7, 11) is 0. The Labute approximate surface area is 122 Å². The first-order valence-corrected chi connectivity index (χ1v) is 6.32. The van der Waals surface area contributed by atoms with Gasteiger partial charge in [-0.25, -0.2) is 10.8 Å². The quantitative estimate of drug-likeness (QED) is 0.330. The van der Waals surface area contributed by atoms with Gasteiger partial charge in [-0.2, -0.15) is 0 Å². The van der Waals surface area contributed by atoms with Crippen molar-refractivity contribution < 1.29 is 4.92 Å². The maximum atomic E-state index is 10.8. The number of hydrazine groups is 1. The van der Waals surface area contributed by atoms with Crippen molar-refractivity contribution in [3.8, 4) is 0 Å². The van der Waals surface area contributed by atoms with Gasteiger partial charge >= 0.3 is 0 Å². The number of pyridine rings is 1. The molecule has 0 atom stereocenters. The van der Waals surface area contributed by atoms with Crippen LogP contribution in [0.25, 0.3) is 0 Å². The lowest BCUT2D eigenvalue weighted by Gasteiger charge is -2.07. The molecule has 8 heteroatoms. The second-order valence-electron chi connectivity index (χ2n) is 3.63. The number of anilines is 3. The van der Waals surface area contributed by atoms with Crippen LogP contribution in [0, 0.1) is 13.7 Å². The number of nitrogens with zero attached hydrogens (tertiary/aromatic N) is 2. The Bertz CT molecular complexity index is 620. The lowest BCUT2D eigenvalue weighted by molar-refractivity contribution is -0.384. The van der Waals surface area contributed by atoms with Crippen LogP contribution in [0.3, 0.4) is 0 Å². The third-order valence-corrected chi connectivity index (χ3v) is 2.94. The Morgan fingerprint density at radius 2 is 2.00 bits per heavy atom. The van der Waals surface area contributed by atoms with E-state index >= 15 is 0 Å². The normalized spacial score (nSPS) is 10.0. The molecule has 0 aliphatic carbocycles. The molecule has 0 saturated heterocycles. The van der Waals surface area contributed by atoms with Crippen molar-refractivity contribution in [2.45, 2.75) is 0 Å². The number of halogens is 1. The third kappa shape index (κ3) is 3.51. The third-order valence-electron chi connectivity index (χ3n) is 2.27. The van der Waals surface area contributed by atoms with Gasteiger partial charge in [0.1, 0.15) is 11.6 Å². The van der Waals surface area contributed by atoms with E-state index in [1.165, 1.54) is 12.1 Å². The molecule has 0 aliphatic heterocycles. The van der Waals surface area contributed by atoms with Crippen LogP contribution in [0.1, 0.15) is 0 Å². The highest BCUT2D eigenvalue weighted by molar-refractivity contribution is 14.1. The average Bonchev–Trinajstić information content (AvgIpc) is 2.38. The van der Waals surface area contributed by atoms with Gasteiger partial charge in [-0.05, 0) is 40.8 Å². The van der Waals surface area contributed by atoms with E-state index in [-0.39, 0.29) is 11.5 Å². The molecule has 0 saturated carbocycles. The number of benzene rings is 1. The fourth-order valence-electron chi connectivity index (χ4n) is 1.47. The lowest BCUT2D eigenvalue weighted by atomic mass is 10.3. The summed E-state index contributed by atoms with van der Waals surface area (Å²) in [6, 6.07) is 10.2. The fraction of sp³-hybridized carbons (Fsp3) is 0. The highest BCUT2D eigenvalue weighted by Crippen LogP contribution is 2.23. The SMILES string of the molecule is NNc1cc([N+](=O)[O-])cc(Nc2cccc(I)c2)n1.